The van der Waals surface area contributed by atoms with Crippen LogP contribution in [0.4, 0.5) is 5.00 Å². The lowest BCUT2D eigenvalue weighted by Crippen LogP contribution is -2.00. The number of aromatic hydroxyl groups is 1. The summed E-state index contributed by atoms with van der Waals surface area (Å²) >= 11 is 6.99. The monoisotopic (exact) mass is 405 g/mol. The number of nitrogen functional groups attached to an aromatic ring is 1. The highest BCUT2D eigenvalue weighted by Gasteiger charge is 2.17. The fourth-order valence-electron chi connectivity index (χ4n) is 2.26. The van der Waals surface area contributed by atoms with Crippen LogP contribution < -0.4 is 10.5 Å². The first-order valence-corrected chi connectivity index (χ1v) is 8.82. The van der Waals surface area contributed by atoms with E-state index in [0.717, 1.165) is 5.56 Å². The Morgan fingerprint density at radius 3 is 2.41 bits per heavy atom. The lowest BCUT2D eigenvalue weighted by atomic mass is 10.0. The Kier molecular flexibility index (Phi) is 6.81. The van der Waals surface area contributed by atoms with Gasteiger partial charge in [0, 0.05) is 16.0 Å². The molecule has 0 saturated carbocycles. The molecule has 3 rings (SSSR count). The lowest BCUT2D eigenvalue weighted by Gasteiger charge is -2.03. The number of nitrogens with two attached hydrogens (primary N) is 1. The molecule has 1 aromatic heterocycles. The fraction of sp³-hybridized carbons (Fsp3) is 0.0526. The van der Waals surface area contributed by atoms with Crippen molar-refractivity contribution in [3.63, 3.8) is 0 Å². The maximum Gasteiger partial charge on any atom is 0.339 e. The van der Waals surface area contributed by atoms with Gasteiger partial charge in [-0.05, 0) is 29.8 Å². The number of phenols is 1. The standard InChI is InChI=1S/C11H8ClNO2S.C8H8O3/c12-7-3-1-6(2-4-7)8-5-16-10(13)9(8)11(14)15;1-11-8-4-2-3-7(10)6(8)5-9/h1-5H,13H2,(H,14,15);2-5,10H,1H3. The van der Waals surface area contributed by atoms with Crippen molar-refractivity contribution in [2.45, 2.75) is 0 Å². The Morgan fingerprint density at radius 1 is 1.22 bits per heavy atom. The molecule has 0 aliphatic rings. The molecule has 0 saturated heterocycles. The normalized spacial score (nSPS) is 9.85. The summed E-state index contributed by atoms with van der Waals surface area (Å²) in [6.45, 7) is 0. The largest absolute Gasteiger partial charge is 0.507 e. The molecule has 0 atom stereocenters. The molecule has 3 aromatic rings. The summed E-state index contributed by atoms with van der Waals surface area (Å²) in [4.78, 5) is 21.4. The molecule has 27 heavy (non-hydrogen) atoms. The zero-order valence-electron chi connectivity index (χ0n) is 14.2. The van der Waals surface area contributed by atoms with Crippen LogP contribution in [-0.2, 0) is 0 Å². The number of rotatable bonds is 4. The second-order valence-electron chi connectivity index (χ2n) is 5.21. The van der Waals surface area contributed by atoms with Crippen LogP contribution in [0.5, 0.6) is 11.5 Å². The van der Waals surface area contributed by atoms with Crippen molar-refractivity contribution in [2.24, 2.45) is 0 Å². The molecule has 6 nitrogen and oxygen atoms in total. The highest BCUT2D eigenvalue weighted by atomic mass is 35.5. The van der Waals surface area contributed by atoms with Gasteiger partial charge in [-0.2, -0.15) is 0 Å². The van der Waals surface area contributed by atoms with Gasteiger partial charge in [0.15, 0.2) is 6.29 Å². The van der Waals surface area contributed by atoms with Crippen LogP contribution in [0.2, 0.25) is 5.02 Å². The summed E-state index contributed by atoms with van der Waals surface area (Å²) in [7, 11) is 1.45. The predicted molar refractivity (Wildman–Crippen MR) is 106 cm³/mol. The van der Waals surface area contributed by atoms with Crippen LogP contribution in [0.25, 0.3) is 11.1 Å². The number of carboxylic acid groups (broad SMARTS) is 1. The first-order chi connectivity index (χ1) is 12.9. The van der Waals surface area contributed by atoms with Crippen LogP contribution in [-0.4, -0.2) is 29.6 Å². The number of carbonyl (C=O) groups is 2. The summed E-state index contributed by atoms with van der Waals surface area (Å²) in [6.07, 6.45) is 0.564. The molecule has 4 N–H and O–H groups in total. The van der Waals surface area contributed by atoms with Crippen LogP contribution in [0.1, 0.15) is 20.7 Å². The molecule has 0 aliphatic carbocycles. The summed E-state index contributed by atoms with van der Waals surface area (Å²) in [5.74, 6) is -0.678. The van der Waals surface area contributed by atoms with Gasteiger partial charge < -0.3 is 20.7 Å². The summed E-state index contributed by atoms with van der Waals surface area (Å²) in [6, 6.07) is 11.6. The van der Waals surface area contributed by atoms with Crippen molar-refractivity contribution in [1.29, 1.82) is 0 Å². The number of benzene rings is 2. The molecule has 8 heteroatoms. The van der Waals surface area contributed by atoms with Gasteiger partial charge in [-0.1, -0.05) is 29.8 Å². The Morgan fingerprint density at radius 2 is 1.89 bits per heavy atom. The lowest BCUT2D eigenvalue weighted by molar-refractivity contribution is 0.0699. The van der Waals surface area contributed by atoms with E-state index < -0.39 is 5.97 Å². The number of anilines is 1. The number of phenolic OH excluding ortho intramolecular Hbond substituents is 1. The van der Waals surface area contributed by atoms with E-state index >= 15 is 0 Å². The Hall–Kier alpha value is -3.03. The molecule has 0 fully saturated rings. The van der Waals surface area contributed by atoms with Gasteiger partial charge in [0.1, 0.15) is 22.1 Å². The van der Waals surface area contributed by atoms with E-state index in [-0.39, 0.29) is 16.9 Å². The number of halogens is 1. The number of ether oxygens (including phenoxy) is 1. The number of aldehydes is 1. The van der Waals surface area contributed by atoms with Gasteiger partial charge >= 0.3 is 5.97 Å². The van der Waals surface area contributed by atoms with Gasteiger partial charge in [-0.15, -0.1) is 11.3 Å². The average Bonchev–Trinajstić information content (AvgIpc) is 3.04. The van der Waals surface area contributed by atoms with E-state index in [1.165, 1.54) is 24.5 Å². The van der Waals surface area contributed by atoms with Crippen molar-refractivity contribution in [1.82, 2.24) is 0 Å². The number of hydrogen-bond acceptors (Lipinski definition) is 6. The van der Waals surface area contributed by atoms with E-state index in [9.17, 15) is 9.59 Å². The zero-order valence-corrected chi connectivity index (χ0v) is 15.8. The van der Waals surface area contributed by atoms with Crippen LogP contribution in [0, 0.1) is 0 Å². The first kappa shape index (κ1) is 20.3. The van der Waals surface area contributed by atoms with E-state index in [2.05, 4.69) is 0 Å². The van der Waals surface area contributed by atoms with Crippen molar-refractivity contribution in [3.05, 3.63) is 64.0 Å². The second-order valence-corrected chi connectivity index (χ2v) is 6.56. The Balaban J connectivity index is 0.000000208. The van der Waals surface area contributed by atoms with E-state index in [0.29, 0.717) is 27.6 Å². The Labute approximate surface area is 164 Å². The summed E-state index contributed by atoms with van der Waals surface area (Å²) in [5, 5.41) is 20.8. The number of methoxy groups -OCH3 is 1. The topological polar surface area (TPSA) is 110 Å². The molecule has 1 heterocycles. The number of carboxylic acids is 1. The molecule has 0 amide bonds. The number of hydrogen-bond donors (Lipinski definition) is 3. The van der Waals surface area contributed by atoms with Crippen LogP contribution in [0.3, 0.4) is 0 Å². The van der Waals surface area contributed by atoms with Crippen molar-refractivity contribution in [2.75, 3.05) is 12.8 Å². The molecule has 2 aromatic carbocycles. The van der Waals surface area contributed by atoms with Gasteiger partial charge in [0.25, 0.3) is 0 Å². The molecule has 0 unspecified atom stereocenters. The minimum absolute atomic E-state index is 0.0562. The second kappa shape index (κ2) is 9.07. The maximum absolute atomic E-state index is 11.0. The third-order valence-corrected chi connectivity index (χ3v) is 4.63. The van der Waals surface area contributed by atoms with E-state index in [1.54, 1.807) is 41.8 Å². The smallest absolute Gasteiger partial charge is 0.339 e. The summed E-state index contributed by atoms with van der Waals surface area (Å²) < 4.78 is 4.83. The molecule has 0 spiro atoms. The molecule has 0 radical (unpaired) electrons. The first-order valence-electron chi connectivity index (χ1n) is 7.56. The van der Waals surface area contributed by atoms with E-state index in [4.69, 9.17) is 32.3 Å². The van der Waals surface area contributed by atoms with Gasteiger partial charge in [-0.25, -0.2) is 4.79 Å². The highest BCUT2D eigenvalue weighted by Crippen LogP contribution is 2.34. The van der Waals surface area contributed by atoms with Crippen LogP contribution >= 0.6 is 22.9 Å². The molecule has 0 bridgehead atoms. The Bertz CT molecular complexity index is 953. The molecular formula is C19H16ClNO5S. The average molecular weight is 406 g/mol. The van der Waals surface area contributed by atoms with Crippen molar-refractivity contribution in [3.8, 4) is 22.6 Å². The highest BCUT2D eigenvalue weighted by molar-refractivity contribution is 7.14. The van der Waals surface area contributed by atoms with Gasteiger partial charge in [-0.3, -0.25) is 4.79 Å². The van der Waals surface area contributed by atoms with Gasteiger partial charge in [0.2, 0.25) is 0 Å². The number of carbonyl (C=O) groups excluding carboxylic acids is 1. The third kappa shape index (κ3) is 4.78. The molecule has 140 valence electrons. The van der Waals surface area contributed by atoms with E-state index in [1.807, 2.05) is 0 Å². The zero-order chi connectivity index (χ0) is 20.0. The summed E-state index contributed by atoms with van der Waals surface area (Å²) in [5.41, 5.74) is 7.40. The SMILES string of the molecule is COc1cccc(O)c1C=O.Nc1scc(-c2ccc(Cl)cc2)c1C(=O)O. The maximum atomic E-state index is 11.0. The number of thiophene rings is 1. The number of aromatic carboxylic acids is 1. The fourth-order valence-corrected chi connectivity index (χ4v) is 3.20. The molecular weight excluding hydrogens is 390 g/mol. The van der Waals surface area contributed by atoms with Gasteiger partial charge in [0.05, 0.1) is 12.7 Å². The minimum atomic E-state index is -1.01. The third-order valence-electron chi connectivity index (χ3n) is 3.57. The quantitative estimate of drug-likeness (QED) is 0.549. The predicted octanol–water partition coefficient (Wildman–Crippen LogP) is 4.56. The van der Waals surface area contributed by atoms with Crippen molar-refractivity contribution < 1.29 is 24.5 Å². The van der Waals surface area contributed by atoms with Crippen molar-refractivity contribution >= 4 is 40.2 Å². The minimum Gasteiger partial charge on any atom is -0.507 e. The van der Waals surface area contributed by atoms with Crippen LogP contribution in [0.15, 0.2) is 47.8 Å². The molecule has 0 aliphatic heterocycles.